The van der Waals surface area contributed by atoms with Gasteiger partial charge in [0.25, 0.3) is 15.9 Å². The summed E-state index contributed by atoms with van der Waals surface area (Å²) < 4.78 is 49.2. The van der Waals surface area contributed by atoms with Crippen LogP contribution in [0.1, 0.15) is 28.4 Å². The van der Waals surface area contributed by atoms with E-state index < -0.39 is 21.7 Å². The number of rotatable bonds is 8. The van der Waals surface area contributed by atoms with Crippen molar-refractivity contribution in [2.75, 3.05) is 17.9 Å². The maximum absolute atomic E-state index is 13.1. The molecule has 0 atom stereocenters. The average molecular weight is 528 g/mol. The number of anilines is 1. The zero-order valence-electron chi connectivity index (χ0n) is 20.1. The lowest BCUT2D eigenvalue weighted by atomic mass is 10.1. The first kappa shape index (κ1) is 25.7. The first-order valence-corrected chi connectivity index (χ1v) is 13.6. The number of ether oxygens (including phenoxy) is 1. The zero-order chi connectivity index (χ0) is 25.9. The maximum Gasteiger partial charge on any atom is 0.279 e. The second kappa shape index (κ2) is 10.7. The Morgan fingerprint density at radius 2 is 1.78 bits per heavy atom. The van der Waals surface area contributed by atoms with Gasteiger partial charge in [0, 0.05) is 24.4 Å². The van der Waals surface area contributed by atoms with E-state index in [9.17, 15) is 17.6 Å². The molecule has 36 heavy (non-hydrogen) atoms. The molecule has 4 aromatic rings. The van der Waals surface area contributed by atoms with Gasteiger partial charge in [-0.1, -0.05) is 17.4 Å². The van der Waals surface area contributed by atoms with Crippen LogP contribution in [0.3, 0.4) is 0 Å². The van der Waals surface area contributed by atoms with E-state index in [1.165, 1.54) is 47.7 Å². The Hall–Kier alpha value is -3.34. The third kappa shape index (κ3) is 5.72. The molecule has 1 N–H and O–H groups in total. The van der Waals surface area contributed by atoms with Crippen LogP contribution >= 0.6 is 11.3 Å². The normalized spacial score (nSPS) is 12.3. The highest BCUT2D eigenvalue weighted by Crippen LogP contribution is 2.24. The van der Waals surface area contributed by atoms with Gasteiger partial charge in [0.05, 0.1) is 21.7 Å². The lowest BCUT2D eigenvalue weighted by Crippen LogP contribution is -2.19. The quantitative estimate of drug-likeness (QED) is 0.325. The van der Waals surface area contributed by atoms with Crippen molar-refractivity contribution < 1.29 is 22.3 Å². The molecule has 1 aromatic heterocycles. The fourth-order valence-electron chi connectivity index (χ4n) is 3.77. The molecule has 10 heteroatoms. The molecule has 0 spiro atoms. The third-order valence-corrected chi connectivity index (χ3v) is 8.11. The molecule has 0 aliphatic rings. The van der Waals surface area contributed by atoms with Crippen molar-refractivity contribution >= 4 is 43.2 Å². The van der Waals surface area contributed by atoms with E-state index >= 15 is 0 Å². The van der Waals surface area contributed by atoms with Crippen molar-refractivity contribution in [2.45, 2.75) is 32.2 Å². The summed E-state index contributed by atoms with van der Waals surface area (Å²) in [6, 6.07) is 14.7. The highest BCUT2D eigenvalue weighted by atomic mass is 32.2. The topological polar surface area (TPSA) is 89.8 Å². The fraction of sp³-hybridized carbons (Fsp3) is 0.231. The standard InChI is InChI=1S/C26H26FN3O4S2/c1-4-34-14-13-30-23-16-17(2)15-18(3)24(23)35-26(30)28-25(31)19-5-9-21(10-6-19)29-36(32,33)22-11-7-20(27)8-12-22/h5-12,15-16,29H,4,13-14H2,1-3H3. The van der Waals surface area contributed by atoms with Crippen LogP contribution in [0.5, 0.6) is 0 Å². The van der Waals surface area contributed by atoms with Crippen LogP contribution in [0.25, 0.3) is 10.2 Å². The predicted molar refractivity (Wildman–Crippen MR) is 139 cm³/mol. The molecular formula is C26H26FN3O4S2. The summed E-state index contributed by atoms with van der Waals surface area (Å²) >= 11 is 1.45. The molecule has 188 valence electrons. The maximum atomic E-state index is 13.1. The van der Waals surface area contributed by atoms with Gasteiger partial charge < -0.3 is 9.30 Å². The molecule has 0 aliphatic heterocycles. The largest absolute Gasteiger partial charge is 0.380 e. The van der Waals surface area contributed by atoms with Gasteiger partial charge in [-0.15, -0.1) is 0 Å². The Bertz CT molecular complexity index is 1570. The Labute approximate surface area is 212 Å². The number of aryl methyl sites for hydroxylation is 2. The number of aromatic nitrogens is 1. The second-order valence-corrected chi connectivity index (χ2v) is 10.9. The number of halogens is 1. The first-order valence-electron chi connectivity index (χ1n) is 11.3. The number of hydrogen-bond acceptors (Lipinski definition) is 5. The summed E-state index contributed by atoms with van der Waals surface area (Å²) in [5, 5.41) is 0. The van der Waals surface area contributed by atoms with Gasteiger partial charge >= 0.3 is 0 Å². The second-order valence-electron chi connectivity index (χ2n) is 8.22. The molecular weight excluding hydrogens is 501 g/mol. The molecule has 0 bridgehead atoms. The van der Waals surface area contributed by atoms with E-state index in [1.54, 1.807) is 0 Å². The number of thiazole rings is 1. The van der Waals surface area contributed by atoms with Crippen LogP contribution < -0.4 is 9.52 Å². The van der Waals surface area contributed by atoms with Crippen LogP contribution in [0.15, 0.2) is 70.6 Å². The summed E-state index contributed by atoms with van der Waals surface area (Å²) in [6.45, 7) is 7.67. The van der Waals surface area contributed by atoms with Gasteiger partial charge in [-0.2, -0.15) is 4.99 Å². The van der Waals surface area contributed by atoms with Gasteiger partial charge in [0.15, 0.2) is 4.80 Å². The zero-order valence-corrected chi connectivity index (χ0v) is 21.7. The van der Waals surface area contributed by atoms with Gasteiger partial charge in [-0.3, -0.25) is 9.52 Å². The molecule has 0 unspecified atom stereocenters. The molecule has 7 nitrogen and oxygen atoms in total. The van der Waals surface area contributed by atoms with Crippen LogP contribution in [-0.4, -0.2) is 32.1 Å². The number of benzene rings is 3. The van der Waals surface area contributed by atoms with Crippen molar-refractivity contribution in [3.8, 4) is 0 Å². The van der Waals surface area contributed by atoms with Crippen molar-refractivity contribution in [2.24, 2.45) is 4.99 Å². The Morgan fingerprint density at radius 1 is 1.08 bits per heavy atom. The number of carbonyl (C=O) groups excluding carboxylic acids is 1. The summed E-state index contributed by atoms with van der Waals surface area (Å²) in [7, 11) is -3.89. The Balaban J connectivity index is 1.61. The van der Waals surface area contributed by atoms with Crippen LogP contribution in [0, 0.1) is 19.7 Å². The van der Waals surface area contributed by atoms with Crippen LogP contribution in [-0.2, 0) is 21.3 Å². The molecule has 1 amide bonds. The van der Waals surface area contributed by atoms with Crippen molar-refractivity contribution in [3.63, 3.8) is 0 Å². The smallest absolute Gasteiger partial charge is 0.279 e. The van der Waals surface area contributed by atoms with Gasteiger partial charge in [0.1, 0.15) is 5.82 Å². The number of hydrogen-bond donors (Lipinski definition) is 1. The number of sulfonamides is 1. The molecule has 3 aromatic carbocycles. The van der Waals surface area contributed by atoms with Crippen LogP contribution in [0.2, 0.25) is 0 Å². The van der Waals surface area contributed by atoms with Gasteiger partial charge in [-0.05, 0) is 86.5 Å². The van der Waals surface area contributed by atoms with E-state index in [2.05, 4.69) is 21.8 Å². The van der Waals surface area contributed by atoms with Gasteiger partial charge in [0.2, 0.25) is 0 Å². The van der Waals surface area contributed by atoms with E-state index in [1.807, 2.05) is 25.3 Å². The monoisotopic (exact) mass is 527 g/mol. The molecule has 0 saturated heterocycles. The number of amides is 1. The molecule has 0 aliphatic carbocycles. The number of fused-ring (bicyclic) bond motifs is 1. The molecule has 4 rings (SSSR count). The Morgan fingerprint density at radius 3 is 2.44 bits per heavy atom. The summed E-state index contributed by atoms with van der Waals surface area (Å²) in [5.41, 5.74) is 3.85. The van der Waals surface area contributed by atoms with Crippen molar-refractivity contribution in [3.05, 3.63) is 88.0 Å². The minimum atomic E-state index is -3.89. The molecule has 0 fully saturated rings. The van der Waals surface area contributed by atoms with E-state index in [0.29, 0.717) is 30.1 Å². The third-order valence-electron chi connectivity index (χ3n) is 5.48. The summed E-state index contributed by atoms with van der Waals surface area (Å²) in [5.74, 6) is -0.960. The van der Waals surface area contributed by atoms with E-state index in [4.69, 9.17) is 4.74 Å². The average Bonchev–Trinajstić information content (AvgIpc) is 3.17. The fourth-order valence-corrected chi connectivity index (χ4v) is 5.94. The van der Waals surface area contributed by atoms with Crippen molar-refractivity contribution in [1.82, 2.24) is 4.57 Å². The molecule has 0 radical (unpaired) electrons. The lowest BCUT2D eigenvalue weighted by Gasteiger charge is -2.08. The lowest BCUT2D eigenvalue weighted by molar-refractivity contribution is 0.0996. The van der Waals surface area contributed by atoms with Crippen molar-refractivity contribution in [1.29, 1.82) is 0 Å². The minimum absolute atomic E-state index is 0.0639. The Kier molecular flexibility index (Phi) is 7.67. The first-order chi connectivity index (χ1) is 17.2. The minimum Gasteiger partial charge on any atom is -0.380 e. The summed E-state index contributed by atoms with van der Waals surface area (Å²) in [4.78, 5) is 17.9. The summed E-state index contributed by atoms with van der Waals surface area (Å²) in [6.07, 6.45) is 0. The predicted octanol–water partition coefficient (Wildman–Crippen LogP) is 5.04. The number of carbonyl (C=O) groups is 1. The van der Waals surface area contributed by atoms with Gasteiger partial charge in [-0.25, -0.2) is 12.8 Å². The van der Waals surface area contributed by atoms with E-state index in [-0.39, 0.29) is 10.6 Å². The van der Waals surface area contributed by atoms with Crippen LogP contribution in [0.4, 0.5) is 10.1 Å². The SMILES string of the molecule is CCOCCn1c(=NC(=O)c2ccc(NS(=O)(=O)c3ccc(F)cc3)cc2)sc2c(C)cc(C)cc21. The van der Waals surface area contributed by atoms with E-state index in [0.717, 1.165) is 33.5 Å². The highest BCUT2D eigenvalue weighted by Gasteiger charge is 2.15. The molecule has 1 heterocycles. The number of nitrogens with one attached hydrogen (secondary N) is 1. The highest BCUT2D eigenvalue weighted by molar-refractivity contribution is 7.92. The number of nitrogens with zero attached hydrogens (tertiary/aromatic N) is 2. The molecule has 0 saturated carbocycles.